The second-order valence-electron chi connectivity index (χ2n) is 13.5. The lowest BCUT2D eigenvalue weighted by molar-refractivity contribution is -0.347. The van der Waals surface area contributed by atoms with Crippen molar-refractivity contribution >= 4 is 69.1 Å². The van der Waals surface area contributed by atoms with Gasteiger partial charge in [-0.05, 0) is 24.1 Å². The number of nitrogens with two attached hydrogens (primary N) is 1. The van der Waals surface area contributed by atoms with Crippen LogP contribution in [-0.2, 0) is 57.1 Å². The Bertz CT molecular complexity index is 2160. The Labute approximate surface area is 344 Å². The Morgan fingerprint density at radius 3 is 2.40 bits per heavy atom. The number of aliphatic hydroxyl groups is 2. The summed E-state index contributed by atoms with van der Waals surface area (Å²) in [6, 6.07) is 4.23. The van der Waals surface area contributed by atoms with Crippen LogP contribution in [0.3, 0.4) is 0 Å². The van der Waals surface area contributed by atoms with Gasteiger partial charge in [-0.25, -0.2) is 19.3 Å². The highest BCUT2D eigenvalue weighted by Gasteiger charge is 2.47. The number of rotatable bonds is 22. The maximum absolute atomic E-state index is 12.6. The molecular weight excluding hydrogens is 887 g/mol. The van der Waals surface area contributed by atoms with Crippen LogP contribution in [0.2, 0.25) is 0 Å². The molecule has 7 atom stereocenters. The lowest BCUT2D eigenvalue weighted by Crippen LogP contribution is -2.46. The summed E-state index contributed by atoms with van der Waals surface area (Å²) in [7, 11) is -17.6. The molecule has 4 rings (SSSR count). The molecule has 1 saturated heterocycles. The molecule has 2 amide bonds. The monoisotopic (exact) mass is 927 g/mol. The van der Waals surface area contributed by atoms with E-state index in [0.29, 0.717) is 12.0 Å². The van der Waals surface area contributed by atoms with Crippen LogP contribution in [0.1, 0.15) is 38.5 Å². The molecule has 30 heteroatoms. The van der Waals surface area contributed by atoms with Gasteiger partial charge in [-0.1, -0.05) is 31.7 Å². The third-order valence-electron chi connectivity index (χ3n) is 8.40. The number of phosphoric acid groups is 3. The highest BCUT2D eigenvalue weighted by atomic mass is 32.2. The summed E-state index contributed by atoms with van der Waals surface area (Å²) < 4.78 is 60.5. The van der Waals surface area contributed by atoms with Gasteiger partial charge in [-0.15, -0.1) is 0 Å². The maximum Gasteiger partial charge on any atom is 0.274 e. The molecule has 3 aromatic rings. The van der Waals surface area contributed by atoms with E-state index in [2.05, 4.69) is 43.5 Å². The van der Waals surface area contributed by atoms with Gasteiger partial charge in [-0.2, -0.15) is 0 Å². The average molecular weight is 928 g/mol. The molecule has 0 radical (unpaired) electrons. The minimum Gasteiger partial charge on any atom is -0.790 e. The first kappa shape index (κ1) is 49.0. The largest absolute Gasteiger partial charge is 0.790 e. The number of amides is 2. The number of thioether (sulfide) groups is 1. The van der Waals surface area contributed by atoms with Crippen molar-refractivity contribution in [3.05, 3.63) is 36.4 Å². The molecule has 0 saturated carbocycles. The van der Waals surface area contributed by atoms with Gasteiger partial charge in [0.15, 0.2) is 34.3 Å². The normalized spacial score (nSPS) is 20.9. The van der Waals surface area contributed by atoms with E-state index in [4.69, 9.17) is 10.5 Å². The molecule has 334 valence electrons. The van der Waals surface area contributed by atoms with E-state index in [0.717, 1.165) is 29.0 Å². The fourth-order valence-corrected chi connectivity index (χ4v) is 8.73. The van der Waals surface area contributed by atoms with Crippen molar-refractivity contribution in [2.75, 3.05) is 37.8 Å². The number of anilines is 1. The van der Waals surface area contributed by atoms with E-state index in [-0.39, 0.29) is 65.3 Å². The van der Waals surface area contributed by atoms with E-state index in [1.165, 1.54) is 26.0 Å². The van der Waals surface area contributed by atoms with Crippen molar-refractivity contribution in [2.24, 2.45) is 5.41 Å². The van der Waals surface area contributed by atoms with Gasteiger partial charge in [0.05, 0.1) is 27.4 Å². The topological polar surface area (TPSA) is 415 Å². The van der Waals surface area contributed by atoms with Gasteiger partial charge in [0.2, 0.25) is 11.8 Å². The molecule has 60 heavy (non-hydrogen) atoms. The maximum atomic E-state index is 12.6. The van der Waals surface area contributed by atoms with Gasteiger partial charge in [-0.3, -0.25) is 28.1 Å². The Kier molecular flexibility index (Phi) is 16.8. The molecule has 26 nitrogen and oxygen atoms in total. The third-order valence-corrected chi connectivity index (χ3v) is 12.3. The predicted octanol–water partition coefficient (Wildman–Crippen LogP) is -2.82. The van der Waals surface area contributed by atoms with Crippen LogP contribution in [0.15, 0.2) is 30.9 Å². The number of nitrogens with zero attached hydrogens (tertiary/aromatic N) is 4. The van der Waals surface area contributed by atoms with Crippen LogP contribution >= 0.6 is 35.2 Å². The number of benzene rings is 1. The van der Waals surface area contributed by atoms with Gasteiger partial charge >= 0.3 is 0 Å². The highest BCUT2D eigenvalue weighted by molar-refractivity contribution is 8.13. The summed E-state index contributed by atoms with van der Waals surface area (Å²) in [5, 5.41) is 44.9. The fraction of sp³-hybridized carbons (Fsp3) is 0.533. The molecule has 0 aliphatic carbocycles. The first-order valence-corrected chi connectivity index (χ1v) is 22.7. The van der Waals surface area contributed by atoms with E-state index in [1.54, 1.807) is 6.07 Å². The zero-order chi connectivity index (χ0) is 44.6. The van der Waals surface area contributed by atoms with E-state index >= 15 is 0 Å². The van der Waals surface area contributed by atoms with Crippen LogP contribution in [0.25, 0.3) is 11.2 Å². The minimum atomic E-state index is -5.93. The summed E-state index contributed by atoms with van der Waals surface area (Å²) in [6.07, 6.45) is -7.25. The number of nitrogen functional groups attached to an aromatic ring is 1. The lowest BCUT2D eigenvalue weighted by atomic mass is 9.87. The number of aryl methyl sites for hydroxylation is 1. The molecule has 0 bridgehead atoms. The number of aromatic hydroxyl groups is 2. The second-order valence-corrected chi connectivity index (χ2v) is 18.7. The number of fused-ring (bicyclic) bond motifs is 1. The molecule has 8 N–H and O–H groups in total. The van der Waals surface area contributed by atoms with E-state index in [9.17, 15) is 68.1 Å². The van der Waals surface area contributed by atoms with Crippen molar-refractivity contribution in [1.82, 2.24) is 30.2 Å². The van der Waals surface area contributed by atoms with Crippen LogP contribution < -0.4 is 35.9 Å². The average Bonchev–Trinajstić information content (AvgIpc) is 3.71. The zero-order valence-corrected chi connectivity index (χ0v) is 35.0. The third kappa shape index (κ3) is 14.2. The number of carbonyl (C=O) groups excluding carboxylic acids is 3. The molecule has 2 unspecified atom stereocenters. The Morgan fingerprint density at radius 2 is 1.72 bits per heavy atom. The standard InChI is InChI=1S/C30H44N7O19P3S/c1-30(2,25(43)28(44)33-8-7-20(40)32-9-10-60-21(41)6-4-16-3-5-17(38)18(39)11-16)13-53-59(50,51)56-58(48,49)52-12-19-24(55-57(45,46)47)23(42)29(54-19)37-15-36-22-26(31)34-14-35-27(22)37/h3,5,11,14-15,19,23-25,29,38-39,42-43H,4,6-10,12-13H2,1-2H3,(H,32,40)(H,33,44)(H,48,49)(H,50,51)(H2,31,34,35)(H2,45,46,47)/p-4/t19-,23-,24-,25+,29-/m1/s1. The van der Waals surface area contributed by atoms with Crippen molar-refractivity contribution in [3.63, 3.8) is 0 Å². The lowest BCUT2D eigenvalue weighted by Gasteiger charge is -2.36. The quantitative estimate of drug-likeness (QED) is 0.0303. The molecule has 1 fully saturated rings. The molecule has 1 aromatic carbocycles. The molecular formula is C30H40N7O19P3S-4. The van der Waals surface area contributed by atoms with Gasteiger partial charge in [0.25, 0.3) is 15.6 Å². The van der Waals surface area contributed by atoms with E-state index in [1.807, 2.05) is 0 Å². The number of ether oxygens (including phenoxy) is 1. The Hall–Kier alpha value is -3.62. The van der Waals surface area contributed by atoms with Gasteiger partial charge in [0, 0.05) is 37.1 Å². The molecule has 0 spiro atoms. The summed E-state index contributed by atoms with van der Waals surface area (Å²) in [6.45, 7) is -0.0928. The number of carbonyl (C=O) groups is 3. The SMILES string of the molecule is CC(C)(COP(=O)([O-])OP(=O)([O-])OC[C@H]1O[C@@H](n2cnc3c(N)ncnc32)[C@H](O)[C@@H]1OP(=O)([O-])[O-])[C@@H](O)C(=O)NCCC(=O)NCCSC(=O)CCc1ccc(O)c(O)c1. The molecule has 1 aliphatic rings. The van der Waals surface area contributed by atoms with Gasteiger partial charge in [0.1, 0.15) is 36.3 Å². The summed E-state index contributed by atoms with van der Waals surface area (Å²) in [5.74, 6) is -1.97. The summed E-state index contributed by atoms with van der Waals surface area (Å²) in [4.78, 5) is 96.3. The van der Waals surface area contributed by atoms with Crippen molar-refractivity contribution in [2.45, 2.75) is 63.8 Å². The number of aliphatic hydroxyl groups excluding tert-OH is 2. The predicted molar refractivity (Wildman–Crippen MR) is 196 cm³/mol. The number of phosphoric ester groups is 3. The van der Waals surface area contributed by atoms with Crippen LogP contribution in [0.5, 0.6) is 11.5 Å². The number of hydrogen-bond donors (Lipinski definition) is 7. The fourth-order valence-electron chi connectivity index (χ4n) is 5.32. The molecule has 2 aromatic heterocycles. The van der Waals surface area contributed by atoms with E-state index < -0.39 is 84.6 Å². The number of aromatic nitrogens is 4. The van der Waals surface area contributed by atoms with Gasteiger partial charge < -0.3 is 79.2 Å². The summed E-state index contributed by atoms with van der Waals surface area (Å²) in [5.41, 5.74) is 4.67. The first-order valence-electron chi connectivity index (χ1n) is 17.4. The Balaban J connectivity index is 1.19. The van der Waals surface area contributed by atoms with Crippen LogP contribution in [0, 0.1) is 5.41 Å². The van der Waals surface area contributed by atoms with Crippen molar-refractivity contribution < 1.29 is 90.7 Å². The zero-order valence-electron chi connectivity index (χ0n) is 31.5. The highest BCUT2D eigenvalue weighted by Crippen LogP contribution is 2.56. The van der Waals surface area contributed by atoms with Crippen molar-refractivity contribution in [3.8, 4) is 11.5 Å². The minimum absolute atomic E-state index is 0.0304. The second kappa shape index (κ2) is 20.5. The number of imidazole rings is 1. The number of hydrogen-bond acceptors (Lipinski definition) is 24. The Morgan fingerprint density at radius 1 is 1.02 bits per heavy atom. The number of phenols is 2. The molecule has 1 aliphatic heterocycles. The molecule has 3 heterocycles. The number of phenolic OH excluding ortho intramolecular Hbond substituents is 2. The van der Waals surface area contributed by atoms with Crippen LogP contribution in [0.4, 0.5) is 5.82 Å². The smallest absolute Gasteiger partial charge is 0.274 e. The summed E-state index contributed by atoms with van der Waals surface area (Å²) >= 11 is 0.973. The van der Waals surface area contributed by atoms with Crippen molar-refractivity contribution in [1.29, 1.82) is 0 Å². The van der Waals surface area contributed by atoms with Crippen LogP contribution in [-0.4, -0.2) is 113 Å². The first-order chi connectivity index (χ1) is 27.9. The number of nitrogens with one attached hydrogen (secondary N) is 2.